The Kier molecular flexibility index (Phi) is 6.55. The highest BCUT2D eigenvalue weighted by atomic mass is 32.2. The number of nitro groups is 1. The van der Waals surface area contributed by atoms with E-state index in [4.69, 9.17) is 4.74 Å². The van der Waals surface area contributed by atoms with Crippen LogP contribution in [0.5, 0.6) is 0 Å². The Bertz CT molecular complexity index is 1090. The Morgan fingerprint density at radius 2 is 1.80 bits per heavy atom. The van der Waals surface area contributed by atoms with Gasteiger partial charge in [0.1, 0.15) is 0 Å². The van der Waals surface area contributed by atoms with Crippen molar-refractivity contribution in [1.29, 1.82) is 0 Å². The van der Waals surface area contributed by atoms with Gasteiger partial charge >= 0.3 is 0 Å². The maximum Gasteiger partial charge on any atom is 0.271 e. The largest absolute Gasteiger partial charge is 0.379 e. The van der Waals surface area contributed by atoms with Gasteiger partial charge in [0.15, 0.2) is 0 Å². The number of nitrogens with zero attached hydrogens (tertiary/aromatic N) is 3. The predicted molar refractivity (Wildman–Crippen MR) is 109 cm³/mol. The number of nitro benzene ring substituents is 1. The van der Waals surface area contributed by atoms with Gasteiger partial charge in [0.05, 0.1) is 28.7 Å². The monoisotopic (exact) mass is 432 g/mol. The van der Waals surface area contributed by atoms with E-state index in [2.05, 4.69) is 10.5 Å². The first-order chi connectivity index (χ1) is 14.3. The average Bonchev–Trinajstić information content (AvgIpc) is 2.78. The van der Waals surface area contributed by atoms with Crippen LogP contribution in [0.4, 0.5) is 5.69 Å². The number of hydrogen-bond acceptors (Lipinski definition) is 7. The first kappa shape index (κ1) is 21.6. The lowest BCUT2D eigenvalue weighted by molar-refractivity contribution is -0.384. The van der Waals surface area contributed by atoms with Gasteiger partial charge in [-0.25, -0.2) is 13.8 Å². The molecule has 0 bridgehead atoms. The summed E-state index contributed by atoms with van der Waals surface area (Å²) in [5.41, 5.74) is 3.24. The molecule has 2 aromatic carbocycles. The molecule has 0 spiro atoms. The predicted octanol–water partition coefficient (Wildman–Crippen LogP) is 1.77. The van der Waals surface area contributed by atoms with Crippen LogP contribution in [0, 0.1) is 10.1 Å². The van der Waals surface area contributed by atoms with Crippen molar-refractivity contribution >= 4 is 27.3 Å². The molecular weight excluding hydrogens is 412 g/mol. The first-order valence-corrected chi connectivity index (χ1v) is 10.5. The smallest absolute Gasteiger partial charge is 0.271 e. The van der Waals surface area contributed by atoms with Crippen LogP contribution in [0.2, 0.25) is 0 Å². The van der Waals surface area contributed by atoms with Crippen LogP contribution in [0.1, 0.15) is 22.8 Å². The topological polar surface area (TPSA) is 131 Å². The molecule has 0 aromatic heterocycles. The second-order valence-corrected chi connectivity index (χ2v) is 8.43. The minimum atomic E-state index is -3.73. The maximum atomic E-state index is 12.8. The quantitative estimate of drug-likeness (QED) is 0.420. The summed E-state index contributed by atoms with van der Waals surface area (Å²) < 4.78 is 32.0. The number of ether oxygens (including phenoxy) is 1. The van der Waals surface area contributed by atoms with Gasteiger partial charge < -0.3 is 4.74 Å². The lowest BCUT2D eigenvalue weighted by atomic mass is 10.1. The molecule has 2 aromatic rings. The number of amides is 1. The number of carbonyl (C=O) groups is 1. The summed E-state index contributed by atoms with van der Waals surface area (Å²) in [5.74, 6) is -0.598. The van der Waals surface area contributed by atoms with E-state index in [9.17, 15) is 23.3 Å². The number of non-ortho nitro benzene ring substituents is 1. The lowest BCUT2D eigenvalue weighted by Crippen LogP contribution is -2.40. The van der Waals surface area contributed by atoms with Gasteiger partial charge in [-0.1, -0.05) is 18.2 Å². The number of sulfonamides is 1. The normalized spacial score (nSPS) is 15.6. The van der Waals surface area contributed by atoms with Crippen molar-refractivity contribution < 1.29 is 22.9 Å². The summed E-state index contributed by atoms with van der Waals surface area (Å²) in [6.45, 7) is 2.76. The Morgan fingerprint density at radius 3 is 2.50 bits per heavy atom. The molecule has 0 atom stereocenters. The summed E-state index contributed by atoms with van der Waals surface area (Å²) in [7, 11) is -3.73. The molecule has 10 nitrogen and oxygen atoms in total. The molecule has 30 heavy (non-hydrogen) atoms. The SMILES string of the molecule is C/C(=N\NC(=O)c1cccc(S(=O)(=O)N2CCOCC2)c1)c1cccc([N+](=O)[O-])c1. The van der Waals surface area contributed by atoms with Gasteiger partial charge in [-0.15, -0.1) is 0 Å². The van der Waals surface area contributed by atoms with Crippen LogP contribution in [0.25, 0.3) is 0 Å². The van der Waals surface area contributed by atoms with Crippen molar-refractivity contribution in [2.24, 2.45) is 5.10 Å². The van der Waals surface area contributed by atoms with Crippen molar-refractivity contribution in [2.75, 3.05) is 26.3 Å². The van der Waals surface area contributed by atoms with Crippen LogP contribution < -0.4 is 5.43 Å². The molecule has 1 aliphatic heterocycles. The third kappa shape index (κ3) is 4.87. The van der Waals surface area contributed by atoms with E-state index < -0.39 is 20.9 Å². The highest BCUT2D eigenvalue weighted by Crippen LogP contribution is 2.18. The molecule has 11 heteroatoms. The average molecular weight is 432 g/mol. The van der Waals surface area contributed by atoms with E-state index in [0.717, 1.165) is 0 Å². The fraction of sp³-hybridized carbons (Fsp3) is 0.263. The van der Waals surface area contributed by atoms with Gasteiger partial charge in [0.2, 0.25) is 10.0 Å². The Morgan fingerprint density at radius 1 is 1.13 bits per heavy atom. The molecule has 1 N–H and O–H groups in total. The van der Waals surface area contributed by atoms with Gasteiger partial charge in [0.25, 0.3) is 11.6 Å². The molecule has 1 aliphatic rings. The number of benzene rings is 2. The van der Waals surface area contributed by atoms with Crippen molar-refractivity contribution in [2.45, 2.75) is 11.8 Å². The molecule has 0 aliphatic carbocycles. The van der Waals surface area contributed by atoms with E-state index in [1.165, 1.54) is 46.8 Å². The van der Waals surface area contributed by atoms with Crippen LogP contribution in [0.3, 0.4) is 0 Å². The minimum Gasteiger partial charge on any atom is -0.379 e. The van der Waals surface area contributed by atoms with E-state index in [1.54, 1.807) is 13.0 Å². The van der Waals surface area contributed by atoms with Crippen LogP contribution >= 0.6 is 0 Å². The van der Waals surface area contributed by atoms with E-state index in [-0.39, 0.29) is 29.2 Å². The van der Waals surface area contributed by atoms with Gasteiger partial charge in [-0.2, -0.15) is 9.41 Å². The van der Waals surface area contributed by atoms with Crippen molar-refractivity contribution in [3.63, 3.8) is 0 Å². The lowest BCUT2D eigenvalue weighted by Gasteiger charge is -2.26. The van der Waals surface area contributed by atoms with Crippen molar-refractivity contribution in [1.82, 2.24) is 9.73 Å². The maximum absolute atomic E-state index is 12.8. The molecule has 1 amide bonds. The molecule has 0 radical (unpaired) electrons. The summed E-state index contributed by atoms with van der Waals surface area (Å²) in [4.78, 5) is 22.8. The van der Waals surface area contributed by atoms with Gasteiger partial charge in [-0.05, 0) is 25.1 Å². The number of morpholine rings is 1. The second kappa shape index (κ2) is 9.11. The van der Waals surface area contributed by atoms with Crippen molar-refractivity contribution in [3.05, 3.63) is 69.8 Å². The second-order valence-electron chi connectivity index (χ2n) is 6.49. The van der Waals surface area contributed by atoms with E-state index >= 15 is 0 Å². The summed E-state index contributed by atoms with van der Waals surface area (Å²) in [6.07, 6.45) is 0. The van der Waals surface area contributed by atoms with Gasteiger partial charge in [0, 0.05) is 36.3 Å². The van der Waals surface area contributed by atoms with Crippen LogP contribution in [-0.2, 0) is 14.8 Å². The molecule has 0 saturated carbocycles. The molecule has 1 fully saturated rings. The fourth-order valence-corrected chi connectivity index (χ4v) is 4.30. The highest BCUT2D eigenvalue weighted by Gasteiger charge is 2.26. The first-order valence-electron chi connectivity index (χ1n) is 9.06. The van der Waals surface area contributed by atoms with E-state index in [1.807, 2.05) is 0 Å². The van der Waals surface area contributed by atoms with Crippen LogP contribution in [-0.4, -0.2) is 55.6 Å². The standard InChI is InChI=1S/C19H20N4O6S/c1-14(15-4-2-6-17(12-15)23(25)26)20-21-19(24)16-5-3-7-18(13-16)30(27,28)22-8-10-29-11-9-22/h2-7,12-13H,8-11H2,1H3,(H,21,24)/b20-14+. The third-order valence-electron chi connectivity index (χ3n) is 4.50. The zero-order valence-electron chi connectivity index (χ0n) is 16.1. The highest BCUT2D eigenvalue weighted by molar-refractivity contribution is 7.89. The Hall–Kier alpha value is -3.15. The number of nitrogens with one attached hydrogen (secondary N) is 1. The zero-order chi connectivity index (χ0) is 21.7. The molecule has 1 heterocycles. The Labute approximate surface area is 173 Å². The molecule has 3 rings (SSSR count). The summed E-state index contributed by atoms with van der Waals surface area (Å²) >= 11 is 0. The summed E-state index contributed by atoms with van der Waals surface area (Å²) in [5, 5.41) is 14.9. The fourth-order valence-electron chi connectivity index (χ4n) is 2.84. The number of rotatable bonds is 6. The Balaban J connectivity index is 1.76. The molecule has 158 valence electrons. The molecule has 1 saturated heterocycles. The third-order valence-corrected chi connectivity index (χ3v) is 6.40. The van der Waals surface area contributed by atoms with E-state index in [0.29, 0.717) is 24.5 Å². The van der Waals surface area contributed by atoms with Crippen LogP contribution in [0.15, 0.2) is 58.5 Å². The zero-order valence-corrected chi connectivity index (χ0v) is 17.0. The molecular formula is C19H20N4O6S. The number of hydrogen-bond donors (Lipinski definition) is 1. The van der Waals surface area contributed by atoms with Crippen molar-refractivity contribution in [3.8, 4) is 0 Å². The number of carbonyl (C=O) groups excluding carboxylic acids is 1. The minimum absolute atomic E-state index is 0.0106. The van der Waals surface area contributed by atoms with Gasteiger partial charge in [-0.3, -0.25) is 14.9 Å². The summed E-state index contributed by atoms with van der Waals surface area (Å²) in [6, 6.07) is 11.5. The number of hydrazone groups is 1. The molecule has 0 unspecified atom stereocenters.